The fourth-order valence-electron chi connectivity index (χ4n) is 1.34. The van der Waals surface area contributed by atoms with E-state index in [1.165, 1.54) is 18.5 Å². The van der Waals surface area contributed by atoms with E-state index in [2.05, 4.69) is 25.8 Å². The first-order chi connectivity index (χ1) is 9.59. The van der Waals surface area contributed by atoms with Gasteiger partial charge in [0.05, 0.1) is 16.8 Å². The molecule has 20 heavy (non-hydrogen) atoms. The van der Waals surface area contributed by atoms with Crippen LogP contribution in [0.15, 0.2) is 35.6 Å². The molecule has 0 unspecified atom stereocenters. The Hall–Kier alpha value is -3.30. The molecule has 2 aromatic heterocycles. The largest absolute Gasteiger partial charge is 0.377 e. The van der Waals surface area contributed by atoms with Crippen LogP contribution in [0.5, 0.6) is 0 Å². The number of hydrogen-bond donors (Lipinski definition) is 3. The second-order valence-corrected chi connectivity index (χ2v) is 3.51. The van der Waals surface area contributed by atoms with Crippen molar-refractivity contribution in [1.29, 1.82) is 0 Å². The number of nitro groups is 1. The molecule has 0 saturated carbocycles. The average molecular weight is 276 g/mol. The smallest absolute Gasteiger partial charge is 0.307 e. The Morgan fingerprint density at radius 3 is 2.90 bits per heavy atom. The van der Waals surface area contributed by atoms with E-state index in [0.717, 1.165) is 6.33 Å². The summed E-state index contributed by atoms with van der Waals surface area (Å²) in [6, 6.07) is 3.06. The quantitative estimate of drug-likeness (QED) is 0.519. The summed E-state index contributed by atoms with van der Waals surface area (Å²) < 4.78 is 0. The monoisotopic (exact) mass is 276 g/mol. The molecule has 0 aliphatic rings. The Balaban J connectivity index is 2.16. The van der Waals surface area contributed by atoms with Crippen LogP contribution in [-0.2, 0) is 0 Å². The van der Waals surface area contributed by atoms with Crippen LogP contribution in [0.2, 0.25) is 0 Å². The Kier molecular flexibility index (Phi) is 3.65. The van der Waals surface area contributed by atoms with Gasteiger partial charge in [-0.05, 0) is 12.1 Å². The minimum atomic E-state index is -0.928. The highest BCUT2D eigenvalue weighted by Crippen LogP contribution is 2.13. The number of hydrazine groups is 1. The highest BCUT2D eigenvalue weighted by atomic mass is 16.6. The van der Waals surface area contributed by atoms with Crippen molar-refractivity contribution in [3.63, 3.8) is 0 Å². The minimum absolute atomic E-state index is 0.243. The van der Waals surface area contributed by atoms with E-state index in [1.807, 2.05) is 0 Å². The zero-order valence-corrected chi connectivity index (χ0v) is 9.86. The SMILES string of the molecule is O=C(NNc1nc[nH]c(=O)c1[N+](=O)[O-])c1cccnc1. The number of nitrogens with one attached hydrogen (secondary N) is 3. The summed E-state index contributed by atoms with van der Waals surface area (Å²) in [7, 11) is 0. The fourth-order valence-corrected chi connectivity index (χ4v) is 1.34. The van der Waals surface area contributed by atoms with Crippen molar-refractivity contribution in [3.05, 3.63) is 56.9 Å². The molecule has 2 aromatic rings. The van der Waals surface area contributed by atoms with Crippen LogP contribution in [0.1, 0.15) is 10.4 Å². The Labute approximate surface area is 111 Å². The molecule has 0 aliphatic carbocycles. The zero-order valence-electron chi connectivity index (χ0n) is 9.86. The van der Waals surface area contributed by atoms with Crippen molar-refractivity contribution in [3.8, 4) is 0 Å². The first-order valence-corrected chi connectivity index (χ1v) is 5.28. The maximum atomic E-state index is 11.7. The van der Waals surface area contributed by atoms with E-state index in [9.17, 15) is 19.7 Å². The molecule has 0 aliphatic heterocycles. The maximum absolute atomic E-state index is 11.7. The second kappa shape index (κ2) is 5.56. The second-order valence-electron chi connectivity index (χ2n) is 3.51. The third kappa shape index (κ3) is 2.75. The van der Waals surface area contributed by atoms with E-state index in [0.29, 0.717) is 0 Å². The van der Waals surface area contributed by atoms with Crippen LogP contribution in [0.25, 0.3) is 0 Å². The molecule has 2 rings (SSSR count). The number of pyridine rings is 1. The number of hydrogen-bond acceptors (Lipinski definition) is 7. The van der Waals surface area contributed by atoms with Crippen LogP contribution in [0.3, 0.4) is 0 Å². The number of aromatic nitrogens is 3. The number of amides is 1. The third-order valence-electron chi connectivity index (χ3n) is 2.23. The number of aromatic amines is 1. The van der Waals surface area contributed by atoms with Crippen LogP contribution < -0.4 is 16.4 Å². The molecule has 102 valence electrons. The number of carbonyl (C=O) groups excluding carboxylic acids is 1. The van der Waals surface area contributed by atoms with Crippen LogP contribution in [0.4, 0.5) is 11.5 Å². The van der Waals surface area contributed by atoms with Crippen molar-refractivity contribution in [2.24, 2.45) is 0 Å². The van der Waals surface area contributed by atoms with Crippen molar-refractivity contribution >= 4 is 17.4 Å². The number of nitrogens with zero attached hydrogens (tertiary/aromatic N) is 3. The minimum Gasteiger partial charge on any atom is -0.307 e. The van der Waals surface area contributed by atoms with Gasteiger partial charge >= 0.3 is 11.2 Å². The van der Waals surface area contributed by atoms with Gasteiger partial charge in [-0.25, -0.2) is 4.98 Å². The van der Waals surface area contributed by atoms with Gasteiger partial charge in [0.25, 0.3) is 5.91 Å². The molecule has 0 atom stereocenters. The predicted octanol–water partition coefficient (Wildman–Crippen LogP) is -0.170. The average Bonchev–Trinajstić information content (AvgIpc) is 2.45. The lowest BCUT2D eigenvalue weighted by Gasteiger charge is -2.06. The maximum Gasteiger partial charge on any atom is 0.377 e. The molecular formula is C10H8N6O4. The number of H-pyrrole nitrogens is 1. The molecule has 3 N–H and O–H groups in total. The lowest BCUT2D eigenvalue weighted by Crippen LogP contribution is -2.31. The summed E-state index contributed by atoms with van der Waals surface area (Å²) in [6.07, 6.45) is 3.79. The van der Waals surface area contributed by atoms with Crippen molar-refractivity contribution < 1.29 is 9.72 Å². The van der Waals surface area contributed by atoms with Crippen molar-refractivity contribution in [2.75, 3.05) is 5.43 Å². The van der Waals surface area contributed by atoms with Crippen LogP contribution >= 0.6 is 0 Å². The summed E-state index contributed by atoms with van der Waals surface area (Å²) in [5.41, 5.74) is 2.95. The number of anilines is 1. The lowest BCUT2D eigenvalue weighted by atomic mass is 10.3. The molecule has 10 nitrogen and oxygen atoms in total. The van der Waals surface area contributed by atoms with E-state index in [-0.39, 0.29) is 11.4 Å². The van der Waals surface area contributed by atoms with Gasteiger partial charge in [0, 0.05) is 12.4 Å². The highest BCUT2D eigenvalue weighted by molar-refractivity contribution is 5.94. The topological polar surface area (TPSA) is 143 Å². The highest BCUT2D eigenvalue weighted by Gasteiger charge is 2.20. The molecule has 0 radical (unpaired) electrons. The van der Waals surface area contributed by atoms with Gasteiger partial charge < -0.3 is 4.98 Å². The molecule has 0 bridgehead atoms. The van der Waals surface area contributed by atoms with E-state index < -0.39 is 22.1 Å². The van der Waals surface area contributed by atoms with Gasteiger partial charge in [0.1, 0.15) is 0 Å². The molecule has 1 amide bonds. The first-order valence-electron chi connectivity index (χ1n) is 5.28. The summed E-state index contributed by atoms with van der Waals surface area (Å²) in [6.45, 7) is 0. The van der Waals surface area contributed by atoms with Gasteiger partial charge in [-0.3, -0.25) is 35.5 Å². The Morgan fingerprint density at radius 1 is 1.45 bits per heavy atom. The summed E-state index contributed by atoms with van der Waals surface area (Å²) in [5.74, 6) is -0.939. The molecule has 0 fully saturated rings. The summed E-state index contributed by atoms with van der Waals surface area (Å²) in [5, 5.41) is 10.7. The van der Waals surface area contributed by atoms with Gasteiger partial charge in [-0.2, -0.15) is 0 Å². The zero-order chi connectivity index (χ0) is 14.5. The van der Waals surface area contributed by atoms with Crippen molar-refractivity contribution in [2.45, 2.75) is 0 Å². The first kappa shape index (κ1) is 13.1. The van der Waals surface area contributed by atoms with Gasteiger partial charge in [-0.15, -0.1) is 0 Å². The lowest BCUT2D eigenvalue weighted by molar-refractivity contribution is -0.385. The molecule has 0 spiro atoms. The Morgan fingerprint density at radius 2 is 2.25 bits per heavy atom. The molecule has 0 saturated heterocycles. The fraction of sp³-hybridized carbons (Fsp3) is 0. The molecule has 2 heterocycles. The number of rotatable bonds is 4. The Bertz CT molecular complexity index is 698. The third-order valence-corrected chi connectivity index (χ3v) is 2.23. The van der Waals surface area contributed by atoms with Crippen molar-refractivity contribution in [1.82, 2.24) is 20.4 Å². The van der Waals surface area contributed by atoms with Crippen LogP contribution in [0, 0.1) is 10.1 Å². The summed E-state index contributed by atoms with van der Waals surface area (Å²) in [4.78, 5) is 42.2. The predicted molar refractivity (Wildman–Crippen MR) is 66.8 cm³/mol. The molecular weight excluding hydrogens is 268 g/mol. The van der Waals surface area contributed by atoms with Gasteiger partial charge in [-0.1, -0.05) is 0 Å². The van der Waals surface area contributed by atoms with Crippen LogP contribution in [-0.4, -0.2) is 25.8 Å². The van der Waals surface area contributed by atoms with Gasteiger partial charge in [0.2, 0.25) is 5.82 Å². The summed E-state index contributed by atoms with van der Waals surface area (Å²) >= 11 is 0. The van der Waals surface area contributed by atoms with E-state index in [1.54, 1.807) is 6.07 Å². The number of carbonyl (C=O) groups is 1. The standard InChI is InChI=1S/C10H8N6O4/c17-9(6-2-1-3-11-4-6)15-14-8-7(16(19)20)10(18)13-5-12-8/h1-5H,(H,15,17)(H2,12,13,14,18). The molecule has 10 heteroatoms. The van der Waals surface area contributed by atoms with E-state index in [4.69, 9.17) is 0 Å². The molecule has 0 aromatic carbocycles. The van der Waals surface area contributed by atoms with E-state index >= 15 is 0 Å². The normalized spacial score (nSPS) is 9.80. The van der Waals surface area contributed by atoms with Gasteiger partial charge in [0.15, 0.2) is 0 Å².